The van der Waals surface area contributed by atoms with E-state index in [0.29, 0.717) is 40.0 Å². The summed E-state index contributed by atoms with van der Waals surface area (Å²) in [6.07, 6.45) is 0. The van der Waals surface area contributed by atoms with Gasteiger partial charge in [-0.2, -0.15) is 5.26 Å². The molecule has 1 atom stereocenters. The number of esters is 1. The largest absolute Gasteiger partial charge is 0.495 e. The SMILES string of the molecule is CCOc1cccc(C2C(C#N)=C(N)Oc3cc(OC(=O)c4ccc(OC)c(Cl)c4)ccc32)c1. The summed E-state index contributed by atoms with van der Waals surface area (Å²) in [5, 5.41) is 10.1. The molecule has 0 saturated carbocycles. The van der Waals surface area contributed by atoms with Crippen molar-refractivity contribution in [2.45, 2.75) is 12.8 Å². The van der Waals surface area contributed by atoms with Crippen LogP contribution in [0.25, 0.3) is 0 Å². The van der Waals surface area contributed by atoms with E-state index in [9.17, 15) is 10.1 Å². The fourth-order valence-corrected chi connectivity index (χ4v) is 4.01. The van der Waals surface area contributed by atoms with Crippen LogP contribution in [-0.4, -0.2) is 19.7 Å². The molecule has 172 valence electrons. The Bertz CT molecular complexity index is 1330. The number of nitrogens with zero attached hydrogens (tertiary/aromatic N) is 1. The highest BCUT2D eigenvalue weighted by atomic mass is 35.5. The van der Waals surface area contributed by atoms with Crippen molar-refractivity contribution in [3.05, 3.63) is 93.8 Å². The topological polar surface area (TPSA) is 104 Å². The van der Waals surface area contributed by atoms with Crippen molar-refractivity contribution in [3.63, 3.8) is 0 Å². The van der Waals surface area contributed by atoms with E-state index in [1.54, 1.807) is 30.3 Å². The maximum atomic E-state index is 12.6. The predicted molar refractivity (Wildman–Crippen MR) is 126 cm³/mol. The monoisotopic (exact) mass is 476 g/mol. The van der Waals surface area contributed by atoms with Crippen LogP contribution >= 0.6 is 11.6 Å². The van der Waals surface area contributed by atoms with Crippen molar-refractivity contribution in [3.8, 4) is 29.1 Å². The third kappa shape index (κ3) is 4.49. The molecule has 1 unspecified atom stereocenters. The summed E-state index contributed by atoms with van der Waals surface area (Å²) in [5.41, 5.74) is 8.18. The Morgan fingerprint density at radius 2 is 1.97 bits per heavy atom. The molecule has 0 radical (unpaired) electrons. The Balaban J connectivity index is 1.66. The van der Waals surface area contributed by atoms with E-state index in [1.165, 1.54) is 13.2 Å². The second-order valence-corrected chi connectivity index (χ2v) is 7.78. The molecule has 0 fully saturated rings. The lowest BCUT2D eigenvalue weighted by Crippen LogP contribution is -2.21. The van der Waals surface area contributed by atoms with E-state index in [4.69, 9.17) is 36.3 Å². The first-order valence-corrected chi connectivity index (χ1v) is 10.8. The van der Waals surface area contributed by atoms with Gasteiger partial charge in [0.2, 0.25) is 5.88 Å². The number of halogens is 1. The van der Waals surface area contributed by atoms with Crippen molar-refractivity contribution >= 4 is 17.6 Å². The standard InChI is InChI=1S/C26H21ClN2O5/c1-3-32-17-6-4-5-15(11-17)24-19-9-8-18(13-23(19)34-25(29)20(24)14-28)33-26(30)16-7-10-22(31-2)21(27)12-16/h4-13,24H,3,29H2,1-2H3. The van der Waals surface area contributed by atoms with Gasteiger partial charge in [-0.3, -0.25) is 0 Å². The first kappa shape index (κ1) is 23.0. The zero-order chi connectivity index (χ0) is 24.2. The lowest BCUT2D eigenvalue weighted by Gasteiger charge is -2.27. The van der Waals surface area contributed by atoms with Gasteiger partial charge in [0.15, 0.2) is 0 Å². The number of methoxy groups -OCH3 is 1. The Kier molecular flexibility index (Phi) is 6.62. The van der Waals surface area contributed by atoms with E-state index in [2.05, 4.69) is 6.07 Å². The number of benzene rings is 3. The number of allylic oxidation sites excluding steroid dienone is 1. The Labute approximate surface area is 201 Å². The molecule has 0 spiro atoms. The smallest absolute Gasteiger partial charge is 0.343 e. The van der Waals surface area contributed by atoms with Crippen LogP contribution < -0.4 is 24.7 Å². The second kappa shape index (κ2) is 9.77. The number of hydrogen-bond acceptors (Lipinski definition) is 7. The van der Waals surface area contributed by atoms with Crippen LogP contribution in [0.2, 0.25) is 5.02 Å². The molecule has 1 aliphatic heterocycles. The minimum Gasteiger partial charge on any atom is -0.495 e. The van der Waals surface area contributed by atoms with E-state index in [0.717, 1.165) is 5.56 Å². The second-order valence-electron chi connectivity index (χ2n) is 7.37. The zero-order valence-corrected chi connectivity index (χ0v) is 19.3. The molecule has 0 bridgehead atoms. The molecule has 0 aromatic heterocycles. The van der Waals surface area contributed by atoms with Crippen molar-refractivity contribution in [2.24, 2.45) is 5.73 Å². The van der Waals surface area contributed by atoms with Crippen LogP contribution in [0.3, 0.4) is 0 Å². The van der Waals surface area contributed by atoms with Crippen LogP contribution in [-0.2, 0) is 0 Å². The highest BCUT2D eigenvalue weighted by Crippen LogP contribution is 2.44. The average Bonchev–Trinajstić information content (AvgIpc) is 2.83. The fourth-order valence-electron chi connectivity index (χ4n) is 3.75. The summed E-state index contributed by atoms with van der Waals surface area (Å²) in [6.45, 7) is 2.42. The van der Waals surface area contributed by atoms with Crippen LogP contribution in [0, 0.1) is 11.3 Å². The first-order chi connectivity index (χ1) is 16.4. The van der Waals surface area contributed by atoms with Gasteiger partial charge in [-0.15, -0.1) is 0 Å². The molecular weight excluding hydrogens is 456 g/mol. The highest BCUT2D eigenvalue weighted by molar-refractivity contribution is 6.32. The third-order valence-corrected chi connectivity index (χ3v) is 5.59. The van der Waals surface area contributed by atoms with Crippen LogP contribution in [0.15, 0.2) is 72.1 Å². The molecule has 0 amide bonds. The van der Waals surface area contributed by atoms with Gasteiger partial charge in [-0.05, 0) is 48.9 Å². The van der Waals surface area contributed by atoms with E-state index < -0.39 is 11.9 Å². The summed E-state index contributed by atoms with van der Waals surface area (Å²) < 4.78 is 22.0. The number of ether oxygens (including phenoxy) is 4. The summed E-state index contributed by atoms with van der Waals surface area (Å²) in [7, 11) is 1.49. The van der Waals surface area contributed by atoms with Gasteiger partial charge in [0, 0.05) is 11.6 Å². The lowest BCUT2D eigenvalue weighted by atomic mass is 9.83. The molecule has 4 rings (SSSR count). The molecule has 2 N–H and O–H groups in total. The number of fused-ring (bicyclic) bond motifs is 1. The number of nitrogens with two attached hydrogens (primary N) is 1. The van der Waals surface area contributed by atoms with E-state index >= 15 is 0 Å². The fraction of sp³-hybridized carbons (Fsp3) is 0.154. The quantitative estimate of drug-likeness (QED) is 0.386. The van der Waals surface area contributed by atoms with Crippen molar-refractivity contribution in [2.75, 3.05) is 13.7 Å². The van der Waals surface area contributed by atoms with Crippen molar-refractivity contribution in [1.82, 2.24) is 0 Å². The molecule has 1 heterocycles. The van der Waals surface area contributed by atoms with Gasteiger partial charge >= 0.3 is 5.97 Å². The Morgan fingerprint density at radius 1 is 1.15 bits per heavy atom. The van der Waals surface area contributed by atoms with Crippen LogP contribution in [0.5, 0.6) is 23.0 Å². The van der Waals surface area contributed by atoms with E-state index in [-0.39, 0.29) is 17.2 Å². The van der Waals surface area contributed by atoms with Crippen LogP contribution in [0.1, 0.15) is 34.3 Å². The Morgan fingerprint density at radius 3 is 2.68 bits per heavy atom. The van der Waals surface area contributed by atoms with Gasteiger partial charge in [0.1, 0.15) is 34.6 Å². The first-order valence-electron chi connectivity index (χ1n) is 10.4. The van der Waals surface area contributed by atoms with Crippen molar-refractivity contribution in [1.29, 1.82) is 5.26 Å². The lowest BCUT2D eigenvalue weighted by molar-refractivity contribution is 0.0734. The maximum Gasteiger partial charge on any atom is 0.343 e. The number of nitriles is 1. The molecule has 3 aromatic carbocycles. The van der Waals surface area contributed by atoms with Crippen LogP contribution in [0.4, 0.5) is 0 Å². The molecule has 3 aromatic rings. The van der Waals surface area contributed by atoms with Gasteiger partial charge in [-0.25, -0.2) is 4.79 Å². The zero-order valence-electron chi connectivity index (χ0n) is 18.5. The minimum atomic E-state index is -0.595. The molecular formula is C26H21ClN2O5. The number of carbonyl (C=O) groups is 1. The van der Waals surface area contributed by atoms with Gasteiger partial charge in [0.25, 0.3) is 0 Å². The summed E-state index contributed by atoms with van der Waals surface area (Å²) in [4.78, 5) is 12.6. The maximum absolute atomic E-state index is 12.6. The predicted octanol–water partition coefficient (Wildman–Crippen LogP) is 5.18. The van der Waals surface area contributed by atoms with Gasteiger partial charge in [0.05, 0.1) is 30.2 Å². The van der Waals surface area contributed by atoms with Gasteiger partial charge in [-0.1, -0.05) is 29.8 Å². The molecule has 1 aliphatic rings. The Hall–Kier alpha value is -4.15. The van der Waals surface area contributed by atoms with E-state index in [1.807, 2.05) is 31.2 Å². The average molecular weight is 477 g/mol. The normalized spacial score (nSPS) is 14.5. The number of carbonyl (C=O) groups excluding carboxylic acids is 1. The summed E-state index contributed by atoms with van der Waals surface area (Å²) in [6, 6.07) is 19.2. The highest BCUT2D eigenvalue weighted by Gasteiger charge is 2.31. The summed E-state index contributed by atoms with van der Waals surface area (Å²) in [5.74, 6) is 0.726. The minimum absolute atomic E-state index is 0.00720. The van der Waals surface area contributed by atoms with Gasteiger partial charge < -0.3 is 24.7 Å². The molecule has 8 heteroatoms. The van der Waals surface area contributed by atoms with Crippen molar-refractivity contribution < 1.29 is 23.7 Å². The number of hydrogen-bond donors (Lipinski definition) is 1. The molecule has 0 aliphatic carbocycles. The summed E-state index contributed by atoms with van der Waals surface area (Å²) >= 11 is 6.11. The molecule has 34 heavy (non-hydrogen) atoms. The number of rotatable bonds is 6. The molecule has 7 nitrogen and oxygen atoms in total. The molecule has 0 saturated heterocycles. The third-order valence-electron chi connectivity index (χ3n) is 5.29.